The van der Waals surface area contributed by atoms with Crippen molar-refractivity contribution in [2.75, 3.05) is 0 Å². The number of rotatable bonds is 2. The van der Waals surface area contributed by atoms with Gasteiger partial charge in [-0.3, -0.25) is 0 Å². The molecule has 0 saturated heterocycles. The predicted molar refractivity (Wildman–Crippen MR) is 83.5 cm³/mol. The zero-order chi connectivity index (χ0) is 14.3. The predicted octanol–water partition coefficient (Wildman–Crippen LogP) is 4.30. The molecule has 2 nitrogen and oxygen atoms in total. The van der Waals surface area contributed by atoms with Crippen LogP contribution in [0.15, 0.2) is 30.3 Å². The van der Waals surface area contributed by atoms with Crippen LogP contribution in [0.2, 0.25) is 0 Å². The fraction of sp³-hybridized carbons (Fsp3) is 0.438. The van der Waals surface area contributed by atoms with Crippen molar-refractivity contribution >= 4 is 11.3 Å². The van der Waals surface area contributed by atoms with Gasteiger partial charge in [-0.2, -0.15) is 0 Å². The highest BCUT2D eigenvalue weighted by Crippen LogP contribution is 2.38. The molecule has 3 heteroatoms. The van der Waals surface area contributed by atoms with E-state index in [0.29, 0.717) is 0 Å². The minimum absolute atomic E-state index is 0.00943. The topological polar surface area (TPSA) is 38.9 Å². The van der Waals surface area contributed by atoms with Crippen LogP contribution >= 0.6 is 11.3 Å². The van der Waals surface area contributed by atoms with Crippen molar-refractivity contribution < 1.29 is 0 Å². The Morgan fingerprint density at radius 3 is 2.00 bits per heavy atom. The van der Waals surface area contributed by atoms with Crippen molar-refractivity contribution in [1.82, 2.24) is 4.98 Å². The van der Waals surface area contributed by atoms with Crippen LogP contribution in [-0.4, -0.2) is 4.98 Å². The molecule has 0 spiro atoms. The number of nitrogens with two attached hydrogens (primary N) is 1. The smallest absolute Gasteiger partial charge is 0.123 e. The van der Waals surface area contributed by atoms with Gasteiger partial charge in [0, 0.05) is 21.4 Å². The summed E-state index contributed by atoms with van der Waals surface area (Å²) in [6, 6.07) is 10.3. The molecular weight excluding hydrogens is 252 g/mol. The Labute approximate surface area is 119 Å². The van der Waals surface area contributed by atoms with Crippen LogP contribution in [0.1, 0.15) is 45.2 Å². The molecule has 0 aliphatic carbocycles. The first-order valence-electron chi connectivity index (χ1n) is 6.55. The number of hydrogen-bond acceptors (Lipinski definition) is 3. The molecule has 0 atom stereocenters. The molecule has 0 fully saturated rings. The Morgan fingerprint density at radius 1 is 1.00 bits per heavy atom. The van der Waals surface area contributed by atoms with Gasteiger partial charge in [0.1, 0.15) is 5.01 Å². The fourth-order valence-corrected chi connectivity index (χ4v) is 3.27. The molecule has 1 aromatic carbocycles. The minimum atomic E-state index is -0.354. The zero-order valence-electron chi connectivity index (χ0n) is 12.3. The average molecular weight is 274 g/mol. The molecule has 0 unspecified atom stereocenters. The molecule has 1 aromatic heterocycles. The number of benzene rings is 1. The molecule has 0 saturated carbocycles. The van der Waals surface area contributed by atoms with Gasteiger partial charge in [-0.25, -0.2) is 4.98 Å². The maximum Gasteiger partial charge on any atom is 0.123 e. The highest BCUT2D eigenvalue weighted by Gasteiger charge is 2.30. The number of nitrogens with zero attached hydrogens (tertiary/aromatic N) is 1. The van der Waals surface area contributed by atoms with Crippen molar-refractivity contribution in [2.45, 2.75) is 45.6 Å². The lowest BCUT2D eigenvalue weighted by atomic mass is 9.87. The summed E-state index contributed by atoms with van der Waals surface area (Å²) in [5, 5.41) is 1.05. The second kappa shape index (κ2) is 4.73. The van der Waals surface area contributed by atoms with Gasteiger partial charge in [-0.1, -0.05) is 51.1 Å². The van der Waals surface area contributed by atoms with Gasteiger partial charge in [0.05, 0.1) is 5.69 Å². The number of hydrogen-bond donors (Lipinski definition) is 1. The van der Waals surface area contributed by atoms with Crippen LogP contribution in [0.25, 0.3) is 10.6 Å². The molecule has 2 aromatic rings. The van der Waals surface area contributed by atoms with E-state index in [2.05, 4.69) is 32.9 Å². The zero-order valence-corrected chi connectivity index (χ0v) is 13.1. The Morgan fingerprint density at radius 2 is 1.58 bits per heavy atom. The molecule has 0 radical (unpaired) electrons. The molecule has 102 valence electrons. The maximum atomic E-state index is 6.32. The fourth-order valence-electron chi connectivity index (χ4n) is 1.97. The van der Waals surface area contributed by atoms with Crippen molar-refractivity contribution in [3.63, 3.8) is 0 Å². The second-order valence-electron chi connectivity index (χ2n) is 6.53. The summed E-state index contributed by atoms with van der Waals surface area (Å²) >= 11 is 1.71. The first-order valence-corrected chi connectivity index (χ1v) is 7.37. The van der Waals surface area contributed by atoms with Gasteiger partial charge in [-0.15, -0.1) is 11.3 Å². The van der Waals surface area contributed by atoms with Crippen LogP contribution in [0.3, 0.4) is 0 Å². The third-order valence-corrected chi connectivity index (χ3v) is 4.39. The Balaban J connectivity index is 2.59. The standard InChI is InChI=1S/C16H22N2S/c1-15(2,3)12-13(16(4,5)17)19-14(18-12)11-9-7-6-8-10-11/h6-10H,17H2,1-5H3. The largest absolute Gasteiger partial charge is 0.321 e. The Hall–Kier alpha value is -1.19. The SMILES string of the molecule is CC(C)(C)c1nc(-c2ccccc2)sc1C(C)(C)N. The van der Waals surface area contributed by atoms with E-state index in [1.54, 1.807) is 11.3 Å². The van der Waals surface area contributed by atoms with E-state index < -0.39 is 0 Å². The molecule has 2 N–H and O–H groups in total. The summed E-state index contributed by atoms with van der Waals surface area (Å²) in [7, 11) is 0. The van der Waals surface area contributed by atoms with E-state index in [4.69, 9.17) is 10.7 Å². The van der Waals surface area contributed by atoms with E-state index in [9.17, 15) is 0 Å². The summed E-state index contributed by atoms with van der Waals surface area (Å²) in [4.78, 5) is 6.04. The van der Waals surface area contributed by atoms with Crippen LogP contribution in [-0.2, 0) is 11.0 Å². The summed E-state index contributed by atoms with van der Waals surface area (Å²) in [6.07, 6.45) is 0. The van der Waals surface area contributed by atoms with Crippen molar-refractivity contribution in [2.24, 2.45) is 5.73 Å². The number of thiazole rings is 1. The normalized spacial score (nSPS) is 12.7. The second-order valence-corrected chi connectivity index (χ2v) is 7.53. The molecule has 0 aliphatic rings. The average Bonchev–Trinajstić information content (AvgIpc) is 2.74. The summed E-state index contributed by atoms with van der Waals surface area (Å²) < 4.78 is 0. The molecule has 0 aliphatic heterocycles. The maximum absolute atomic E-state index is 6.32. The van der Waals surface area contributed by atoms with E-state index in [1.165, 1.54) is 4.88 Å². The molecule has 19 heavy (non-hydrogen) atoms. The monoisotopic (exact) mass is 274 g/mol. The first kappa shape index (κ1) is 14.2. The van der Waals surface area contributed by atoms with Crippen LogP contribution in [0.5, 0.6) is 0 Å². The van der Waals surface area contributed by atoms with Crippen LogP contribution in [0, 0.1) is 0 Å². The van der Waals surface area contributed by atoms with Gasteiger partial charge in [0.15, 0.2) is 0 Å². The highest BCUT2D eigenvalue weighted by molar-refractivity contribution is 7.15. The van der Waals surface area contributed by atoms with Gasteiger partial charge in [0.2, 0.25) is 0 Å². The van der Waals surface area contributed by atoms with Crippen LogP contribution < -0.4 is 5.73 Å². The molecule has 0 amide bonds. The minimum Gasteiger partial charge on any atom is -0.321 e. The Bertz CT molecular complexity index is 525. The van der Waals surface area contributed by atoms with Crippen LogP contribution in [0.4, 0.5) is 0 Å². The van der Waals surface area contributed by atoms with Gasteiger partial charge in [-0.05, 0) is 13.8 Å². The van der Waals surface area contributed by atoms with E-state index >= 15 is 0 Å². The van der Waals surface area contributed by atoms with Crippen molar-refractivity contribution in [3.05, 3.63) is 40.9 Å². The summed E-state index contributed by atoms with van der Waals surface area (Å²) in [5.41, 5.74) is 8.25. The van der Waals surface area contributed by atoms with Crippen molar-refractivity contribution in [1.29, 1.82) is 0 Å². The molecular formula is C16H22N2S. The van der Waals surface area contributed by atoms with E-state index in [0.717, 1.165) is 16.3 Å². The molecule has 1 heterocycles. The third kappa shape index (κ3) is 3.04. The van der Waals surface area contributed by atoms with E-state index in [1.807, 2.05) is 32.0 Å². The lowest BCUT2D eigenvalue weighted by Crippen LogP contribution is -2.31. The first-order chi connectivity index (χ1) is 8.69. The quantitative estimate of drug-likeness (QED) is 0.886. The lowest BCUT2D eigenvalue weighted by molar-refractivity contribution is 0.512. The number of aromatic nitrogens is 1. The summed E-state index contributed by atoms with van der Waals surface area (Å²) in [6.45, 7) is 10.7. The highest BCUT2D eigenvalue weighted by atomic mass is 32.1. The Kier molecular flexibility index (Phi) is 3.54. The van der Waals surface area contributed by atoms with Gasteiger partial charge < -0.3 is 5.73 Å². The molecule has 0 bridgehead atoms. The van der Waals surface area contributed by atoms with Gasteiger partial charge >= 0.3 is 0 Å². The summed E-state index contributed by atoms with van der Waals surface area (Å²) in [5.74, 6) is 0. The molecule has 2 rings (SSSR count). The van der Waals surface area contributed by atoms with Crippen molar-refractivity contribution in [3.8, 4) is 10.6 Å². The van der Waals surface area contributed by atoms with E-state index in [-0.39, 0.29) is 11.0 Å². The lowest BCUT2D eigenvalue weighted by Gasteiger charge is -2.24. The third-order valence-electron chi connectivity index (χ3n) is 2.94. The van der Waals surface area contributed by atoms with Gasteiger partial charge in [0.25, 0.3) is 0 Å².